The van der Waals surface area contributed by atoms with Crippen LogP contribution in [0.15, 0.2) is 24.7 Å². The van der Waals surface area contributed by atoms with Crippen LogP contribution >= 0.6 is 31.5 Å². The smallest absolute Gasteiger partial charge is 0.364 e. The highest BCUT2D eigenvalue weighted by atomic mass is 35.5. The summed E-state index contributed by atoms with van der Waals surface area (Å²) in [6, 6.07) is 0. The van der Waals surface area contributed by atoms with Gasteiger partial charge >= 0.3 is 14.2 Å². The van der Waals surface area contributed by atoms with E-state index in [1.165, 1.54) is 6.92 Å². The number of halogens is 2. The van der Waals surface area contributed by atoms with Crippen LogP contribution in [0.1, 0.15) is 19.8 Å². The molecular weight excluding hydrogens is 302 g/mol. The van der Waals surface area contributed by atoms with Crippen molar-refractivity contribution in [1.29, 1.82) is 0 Å². The number of carbonyl (C=O) groups excluding carboxylic acids is 1. The van der Waals surface area contributed by atoms with Gasteiger partial charge < -0.3 is 14.2 Å². The van der Waals surface area contributed by atoms with Crippen molar-refractivity contribution in [3.05, 3.63) is 24.7 Å². The van der Waals surface area contributed by atoms with E-state index in [0.29, 0.717) is 30.4 Å². The summed E-state index contributed by atoms with van der Waals surface area (Å²) in [5.41, 5.74) is 0. The Morgan fingerprint density at radius 1 is 1.44 bits per heavy atom. The van der Waals surface area contributed by atoms with E-state index in [4.69, 9.17) is 28.1 Å². The number of alkyl halides is 2. The van der Waals surface area contributed by atoms with Gasteiger partial charge in [0.25, 0.3) is 0 Å². The zero-order valence-electron chi connectivity index (χ0n) is 10.0. The molecule has 18 heavy (non-hydrogen) atoms. The second-order valence-electron chi connectivity index (χ2n) is 2.73. The second kappa shape index (κ2) is 14.6. The molecule has 0 aliphatic rings. The first-order valence-electron chi connectivity index (χ1n) is 4.97. The normalized spacial score (nSPS) is 11.9. The molecule has 1 atom stereocenters. The maximum atomic E-state index is 10.3. The lowest BCUT2D eigenvalue weighted by molar-refractivity contribution is -0.135. The van der Waals surface area contributed by atoms with Crippen LogP contribution in [0.5, 0.6) is 0 Å². The van der Waals surface area contributed by atoms with Gasteiger partial charge in [-0.1, -0.05) is 6.58 Å². The van der Waals surface area contributed by atoms with E-state index in [2.05, 4.69) is 15.8 Å². The van der Waals surface area contributed by atoms with Crippen molar-refractivity contribution < 1.29 is 23.5 Å². The van der Waals surface area contributed by atoms with E-state index >= 15 is 0 Å². The topological polar surface area (TPSA) is 72.8 Å². The quantitative estimate of drug-likeness (QED) is 0.338. The Morgan fingerprint density at radius 3 is 2.33 bits per heavy atom. The van der Waals surface area contributed by atoms with Crippen LogP contribution in [0.25, 0.3) is 0 Å². The minimum absolute atomic E-state index is 0.329. The zero-order valence-corrected chi connectivity index (χ0v) is 12.5. The molecular formula is C10H17Cl2O5P. The molecule has 0 aliphatic heterocycles. The standard InChI is InChI=1S/C6H11Cl2O3P.C4H6O2/c7-4-1-2-6(3-5-8)11-12(9)10;1-3-6-4(2)5/h2,12H,1,3-5H2,(H,9,10);3H,1H2,2H3. The predicted molar refractivity (Wildman–Crippen MR) is 73.0 cm³/mol. The molecule has 0 amide bonds. The average Bonchev–Trinajstić information content (AvgIpc) is 2.26. The molecule has 106 valence electrons. The fraction of sp³-hybridized carbons (Fsp3) is 0.500. The molecule has 0 rings (SSSR count). The van der Waals surface area contributed by atoms with Crippen molar-refractivity contribution in [3.63, 3.8) is 0 Å². The van der Waals surface area contributed by atoms with Crippen LogP contribution in [-0.4, -0.2) is 22.6 Å². The maximum absolute atomic E-state index is 10.3. The van der Waals surface area contributed by atoms with Gasteiger partial charge in [-0.15, -0.1) is 23.2 Å². The first kappa shape index (κ1) is 19.9. The molecule has 0 fully saturated rings. The van der Waals surface area contributed by atoms with Crippen LogP contribution in [0.2, 0.25) is 0 Å². The van der Waals surface area contributed by atoms with Gasteiger partial charge in [-0.25, -0.2) is 4.57 Å². The third kappa shape index (κ3) is 17.9. The van der Waals surface area contributed by atoms with Gasteiger partial charge in [0.1, 0.15) is 5.76 Å². The van der Waals surface area contributed by atoms with E-state index < -0.39 is 8.25 Å². The molecule has 0 aromatic rings. The van der Waals surface area contributed by atoms with E-state index in [0.717, 1.165) is 6.26 Å². The molecule has 0 radical (unpaired) electrons. The van der Waals surface area contributed by atoms with Gasteiger partial charge in [0.15, 0.2) is 0 Å². The molecule has 5 nitrogen and oxygen atoms in total. The van der Waals surface area contributed by atoms with Crippen LogP contribution in [0.3, 0.4) is 0 Å². The summed E-state index contributed by atoms with van der Waals surface area (Å²) in [5, 5.41) is 0. The van der Waals surface area contributed by atoms with Gasteiger partial charge in [-0.05, 0) is 12.5 Å². The molecule has 0 aromatic heterocycles. The fourth-order valence-electron chi connectivity index (χ4n) is 0.733. The van der Waals surface area contributed by atoms with Gasteiger partial charge in [-0.3, -0.25) is 4.79 Å². The molecule has 0 spiro atoms. The van der Waals surface area contributed by atoms with Crippen molar-refractivity contribution >= 4 is 37.4 Å². The number of allylic oxidation sites excluding steroid dienone is 2. The van der Waals surface area contributed by atoms with E-state index in [-0.39, 0.29) is 5.97 Å². The van der Waals surface area contributed by atoms with Crippen molar-refractivity contribution in [2.24, 2.45) is 0 Å². The van der Waals surface area contributed by atoms with Crippen molar-refractivity contribution in [2.75, 3.05) is 11.8 Å². The first-order chi connectivity index (χ1) is 8.47. The summed E-state index contributed by atoms with van der Waals surface area (Å²) in [4.78, 5) is 18.2. The van der Waals surface area contributed by atoms with Gasteiger partial charge in [0, 0.05) is 25.1 Å². The number of hydrogen-bond acceptors (Lipinski definition) is 4. The molecule has 1 unspecified atom stereocenters. The Hall–Kier alpha value is -0.480. The lowest BCUT2D eigenvalue weighted by Gasteiger charge is -2.04. The van der Waals surface area contributed by atoms with Gasteiger partial charge in [-0.2, -0.15) is 0 Å². The Kier molecular flexibility index (Phi) is 16.1. The summed E-state index contributed by atoms with van der Waals surface area (Å²) in [6.45, 7) is 4.48. The van der Waals surface area contributed by atoms with Gasteiger partial charge in [0.05, 0.1) is 6.26 Å². The molecule has 0 heterocycles. The fourth-order valence-corrected chi connectivity index (χ4v) is 1.44. The molecule has 8 heteroatoms. The third-order valence-corrected chi connectivity index (χ3v) is 2.13. The van der Waals surface area contributed by atoms with Crippen molar-refractivity contribution in [1.82, 2.24) is 0 Å². The highest BCUT2D eigenvalue weighted by molar-refractivity contribution is 7.32. The van der Waals surface area contributed by atoms with E-state index in [1.807, 2.05) is 0 Å². The first-order valence-corrected chi connectivity index (χ1v) is 7.31. The largest absolute Gasteiger partial charge is 0.435 e. The molecule has 0 saturated carbocycles. The molecule has 0 saturated heterocycles. The number of esters is 1. The minimum Gasteiger partial charge on any atom is -0.435 e. The van der Waals surface area contributed by atoms with Crippen LogP contribution in [0, 0.1) is 0 Å². The van der Waals surface area contributed by atoms with Crippen LogP contribution in [0.4, 0.5) is 0 Å². The minimum atomic E-state index is -2.91. The maximum Gasteiger partial charge on any atom is 0.364 e. The highest BCUT2D eigenvalue weighted by Gasteiger charge is 1.99. The Balaban J connectivity index is 0. The average molecular weight is 319 g/mol. The molecule has 1 N–H and O–H groups in total. The predicted octanol–water partition coefficient (Wildman–Crippen LogP) is 3.22. The summed E-state index contributed by atoms with van der Waals surface area (Å²) >= 11 is 10.8. The monoisotopic (exact) mass is 318 g/mol. The number of ether oxygens (including phenoxy) is 1. The van der Waals surface area contributed by atoms with Crippen molar-refractivity contribution in [2.45, 2.75) is 19.8 Å². The summed E-state index contributed by atoms with van der Waals surface area (Å²) in [7, 11) is -2.91. The summed E-state index contributed by atoms with van der Waals surface area (Å²) in [6.07, 6.45) is 3.84. The molecule has 0 bridgehead atoms. The Bertz CT molecular complexity index is 294. The Morgan fingerprint density at radius 2 is 2.06 bits per heavy atom. The summed E-state index contributed by atoms with van der Waals surface area (Å²) in [5.74, 6) is 0.937. The number of carbonyl (C=O) groups is 1. The summed E-state index contributed by atoms with van der Waals surface area (Å²) < 4.78 is 19.1. The van der Waals surface area contributed by atoms with Crippen LogP contribution < -0.4 is 0 Å². The SMILES string of the molecule is C=COC(C)=O.O=[PH](O)OC(=CCCCl)CCCl. The second-order valence-corrected chi connectivity index (χ2v) is 4.22. The Labute approximate surface area is 117 Å². The lowest BCUT2D eigenvalue weighted by Crippen LogP contribution is -1.87. The molecule has 0 aromatic carbocycles. The van der Waals surface area contributed by atoms with E-state index in [9.17, 15) is 9.36 Å². The number of hydrogen-bond donors (Lipinski definition) is 1. The van der Waals surface area contributed by atoms with E-state index in [1.54, 1.807) is 6.08 Å². The zero-order chi connectivity index (χ0) is 14.4. The van der Waals surface area contributed by atoms with Crippen LogP contribution in [-0.2, 0) is 18.6 Å². The number of rotatable bonds is 7. The lowest BCUT2D eigenvalue weighted by atomic mass is 10.3. The van der Waals surface area contributed by atoms with Crippen molar-refractivity contribution in [3.8, 4) is 0 Å². The molecule has 0 aliphatic carbocycles. The highest BCUT2D eigenvalue weighted by Crippen LogP contribution is 2.23. The third-order valence-electron chi connectivity index (χ3n) is 1.29. The van der Waals surface area contributed by atoms with Gasteiger partial charge in [0.2, 0.25) is 0 Å².